The van der Waals surface area contributed by atoms with Crippen LogP contribution in [0.5, 0.6) is 0 Å². The molecule has 1 saturated carbocycles. The normalized spacial score (nSPS) is 27.9. The Bertz CT molecular complexity index is 213. The molecule has 1 rings (SSSR count). The van der Waals surface area contributed by atoms with E-state index in [9.17, 15) is 5.11 Å². The summed E-state index contributed by atoms with van der Waals surface area (Å²) in [7, 11) is 0. The molecule has 1 atom stereocenters. The molecule has 2 nitrogen and oxygen atoms in total. The van der Waals surface area contributed by atoms with Crippen LogP contribution >= 0.6 is 0 Å². The van der Waals surface area contributed by atoms with Crippen LogP contribution < -0.4 is 0 Å². The molecule has 1 fully saturated rings. The molecule has 0 radical (unpaired) electrons. The first-order valence-corrected chi connectivity index (χ1v) is 8.72. The van der Waals surface area contributed by atoms with Crippen LogP contribution in [-0.2, 0) is 0 Å². The van der Waals surface area contributed by atoms with E-state index in [-0.39, 0.29) is 11.7 Å². The molecule has 0 heterocycles. The molecule has 20 heavy (non-hydrogen) atoms. The van der Waals surface area contributed by atoms with Gasteiger partial charge in [-0.1, -0.05) is 47.0 Å². The molecular formula is C18H38O2. The second-order valence-corrected chi connectivity index (χ2v) is 7.14. The minimum Gasteiger partial charge on any atom is -0.393 e. The molecule has 2 heteroatoms. The molecule has 0 saturated heterocycles. The van der Waals surface area contributed by atoms with Crippen LogP contribution in [0.4, 0.5) is 0 Å². The minimum atomic E-state index is -0.356. The Balaban J connectivity index is 0.000000370. The van der Waals surface area contributed by atoms with Crippen molar-refractivity contribution in [2.75, 3.05) is 0 Å². The summed E-state index contributed by atoms with van der Waals surface area (Å²) in [6, 6.07) is 0. The van der Waals surface area contributed by atoms with Crippen molar-refractivity contribution in [3.63, 3.8) is 0 Å². The maximum atomic E-state index is 9.67. The highest BCUT2D eigenvalue weighted by atomic mass is 16.3. The molecule has 122 valence electrons. The third-order valence-electron chi connectivity index (χ3n) is 4.66. The average Bonchev–Trinajstić information content (AvgIpc) is 2.39. The average molecular weight is 286 g/mol. The second kappa shape index (κ2) is 10.6. The molecule has 0 bridgehead atoms. The fourth-order valence-electron chi connectivity index (χ4n) is 2.76. The van der Waals surface area contributed by atoms with Gasteiger partial charge < -0.3 is 10.2 Å². The van der Waals surface area contributed by atoms with E-state index < -0.39 is 0 Å². The van der Waals surface area contributed by atoms with Gasteiger partial charge in [-0.05, 0) is 57.3 Å². The van der Waals surface area contributed by atoms with Gasteiger partial charge in [-0.15, -0.1) is 0 Å². The summed E-state index contributed by atoms with van der Waals surface area (Å²) in [5, 5.41) is 18.8. The Hall–Kier alpha value is -0.0800. The van der Waals surface area contributed by atoms with Crippen molar-refractivity contribution in [2.24, 2.45) is 11.8 Å². The van der Waals surface area contributed by atoms with Crippen LogP contribution in [0.3, 0.4) is 0 Å². The fourth-order valence-corrected chi connectivity index (χ4v) is 2.76. The van der Waals surface area contributed by atoms with Gasteiger partial charge in [0.2, 0.25) is 0 Å². The zero-order valence-electron chi connectivity index (χ0n) is 14.5. The number of aliphatic hydroxyl groups is 2. The largest absolute Gasteiger partial charge is 0.393 e. The van der Waals surface area contributed by atoms with Gasteiger partial charge in [-0.2, -0.15) is 0 Å². The molecule has 1 aliphatic carbocycles. The maximum Gasteiger partial charge on any atom is 0.0620 e. The van der Waals surface area contributed by atoms with Crippen molar-refractivity contribution in [3.05, 3.63) is 0 Å². The predicted octanol–water partition coefficient (Wildman–Crippen LogP) is 4.92. The first-order chi connectivity index (χ1) is 9.32. The van der Waals surface area contributed by atoms with Crippen LogP contribution in [0, 0.1) is 11.8 Å². The third-order valence-corrected chi connectivity index (χ3v) is 4.66. The maximum absolute atomic E-state index is 9.67. The number of rotatable bonds is 6. The Morgan fingerprint density at radius 2 is 1.65 bits per heavy atom. The smallest absolute Gasteiger partial charge is 0.0620 e. The van der Waals surface area contributed by atoms with Gasteiger partial charge in [-0.25, -0.2) is 0 Å². The topological polar surface area (TPSA) is 40.5 Å². The number of aliphatic hydroxyl groups excluding tert-OH is 1. The van der Waals surface area contributed by atoms with Gasteiger partial charge in [0.05, 0.1) is 11.7 Å². The van der Waals surface area contributed by atoms with Crippen LogP contribution in [0.15, 0.2) is 0 Å². The molecule has 2 N–H and O–H groups in total. The first-order valence-electron chi connectivity index (χ1n) is 8.72. The molecule has 0 spiro atoms. The van der Waals surface area contributed by atoms with Crippen molar-refractivity contribution in [1.29, 1.82) is 0 Å². The molecule has 0 aromatic rings. The lowest BCUT2D eigenvalue weighted by atomic mass is 9.75. The highest BCUT2D eigenvalue weighted by Gasteiger charge is 2.29. The van der Waals surface area contributed by atoms with Gasteiger partial charge in [0, 0.05) is 0 Å². The lowest BCUT2D eigenvalue weighted by molar-refractivity contribution is 0.00161. The van der Waals surface area contributed by atoms with Gasteiger partial charge in [0.1, 0.15) is 0 Å². The molecule has 1 unspecified atom stereocenters. The first kappa shape index (κ1) is 19.9. The summed E-state index contributed by atoms with van der Waals surface area (Å²) in [5.74, 6) is 1.65. The van der Waals surface area contributed by atoms with E-state index in [0.29, 0.717) is 0 Å². The van der Waals surface area contributed by atoms with Gasteiger partial charge in [-0.3, -0.25) is 0 Å². The van der Waals surface area contributed by atoms with Gasteiger partial charge in [0.25, 0.3) is 0 Å². The lowest BCUT2D eigenvalue weighted by Crippen LogP contribution is -2.31. The van der Waals surface area contributed by atoms with Crippen molar-refractivity contribution >= 4 is 0 Å². The monoisotopic (exact) mass is 286 g/mol. The quantitative estimate of drug-likeness (QED) is 0.680. The van der Waals surface area contributed by atoms with E-state index in [1.165, 1.54) is 32.1 Å². The summed E-state index contributed by atoms with van der Waals surface area (Å²) >= 11 is 0. The zero-order valence-corrected chi connectivity index (χ0v) is 14.5. The van der Waals surface area contributed by atoms with E-state index >= 15 is 0 Å². The van der Waals surface area contributed by atoms with Crippen LogP contribution in [0.2, 0.25) is 0 Å². The molecule has 0 aromatic heterocycles. The van der Waals surface area contributed by atoms with E-state index in [1.807, 2.05) is 13.8 Å². The van der Waals surface area contributed by atoms with Gasteiger partial charge >= 0.3 is 0 Å². The molecule has 0 aliphatic heterocycles. The van der Waals surface area contributed by atoms with E-state index in [1.54, 1.807) is 0 Å². The minimum absolute atomic E-state index is 0.0449. The Labute approximate surface area is 127 Å². The lowest BCUT2D eigenvalue weighted by Gasteiger charge is -2.34. The van der Waals surface area contributed by atoms with Crippen molar-refractivity contribution in [1.82, 2.24) is 0 Å². The van der Waals surface area contributed by atoms with Crippen molar-refractivity contribution in [2.45, 2.75) is 104 Å². The van der Waals surface area contributed by atoms with Crippen molar-refractivity contribution < 1.29 is 10.2 Å². The van der Waals surface area contributed by atoms with Crippen molar-refractivity contribution in [3.8, 4) is 0 Å². The fraction of sp³-hybridized carbons (Fsp3) is 1.00. The molecular weight excluding hydrogens is 248 g/mol. The summed E-state index contributed by atoms with van der Waals surface area (Å²) < 4.78 is 0. The Morgan fingerprint density at radius 3 is 2.05 bits per heavy atom. The van der Waals surface area contributed by atoms with E-state index in [0.717, 1.165) is 37.5 Å². The molecule has 0 amide bonds. The summed E-state index contributed by atoms with van der Waals surface area (Å²) in [6.45, 7) is 10.7. The summed E-state index contributed by atoms with van der Waals surface area (Å²) in [6.07, 6.45) is 9.96. The van der Waals surface area contributed by atoms with E-state index in [2.05, 4.69) is 20.8 Å². The highest BCUT2D eigenvalue weighted by Crippen LogP contribution is 2.35. The van der Waals surface area contributed by atoms with Crippen LogP contribution in [0.25, 0.3) is 0 Å². The standard InChI is InChI=1S/C10H20O.C8H18O/c1-8(2)9-4-6-10(3,11)7-5-9;1-3-5-6-7-8(9)4-2/h8-9,11H,4-7H2,1-3H3;8-9H,3-7H2,1-2H3. The van der Waals surface area contributed by atoms with E-state index in [4.69, 9.17) is 5.11 Å². The summed E-state index contributed by atoms with van der Waals surface area (Å²) in [5.41, 5.74) is -0.356. The zero-order chi connectivity index (χ0) is 15.6. The number of hydrogen-bond acceptors (Lipinski definition) is 2. The molecule has 0 aromatic carbocycles. The SMILES string of the molecule is CC(C)C1CCC(C)(O)CC1.CCCCCC(O)CC. The number of hydrogen-bond donors (Lipinski definition) is 2. The van der Waals surface area contributed by atoms with Crippen LogP contribution in [0.1, 0.15) is 92.4 Å². The Kier molecular flexibility index (Phi) is 10.6. The predicted molar refractivity (Wildman–Crippen MR) is 87.9 cm³/mol. The molecule has 1 aliphatic rings. The third kappa shape index (κ3) is 9.77. The highest BCUT2D eigenvalue weighted by molar-refractivity contribution is 4.82. The second-order valence-electron chi connectivity index (χ2n) is 7.14. The van der Waals surface area contributed by atoms with Crippen LogP contribution in [-0.4, -0.2) is 21.9 Å². The Morgan fingerprint density at radius 1 is 1.10 bits per heavy atom. The van der Waals surface area contributed by atoms with Gasteiger partial charge in [0.15, 0.2) is 0 Å². The summed E-state index contributed by atoms with van der Waals surface area (Å²) in [4.78, 5) is 0. The number of unbranched alkanes of at least 4 members (excludes halogenated alkanes) is 2.